The first-order valence-electron chi connectivity index (χ1n) is 12.1. The molecular formula is C28H24N6O3S. The molecule has 4 aromatic heterocycles. The van der Waals surface area contributed by atoms with Gasteiger partial charge in [-0.1, -0.05) is 24.1 Å². The number of para-hydroxylation sites is 1. The molecule has 0 bridgehead atoms. The van der Waals surface area contributed by atoms with Crippen molar-refractivity contribution in [1.29, 1.82) is 0 Å². The Hall–Kier alpha value is -4.30. The fraction of sp³-hybridized carbons (Fsp3) is 0.214. The van der Waals surface area contributed by atoms with Gasteiger partial charge >= 0.3 is 0 Å². The first-order chi connectivity index (χ1) is 18.5. The average Bonchev–Trinajstić information content (AvgIpc) is 3.64. The highest BCUT2D eigenvalue weighted by Gasteiger charge is 2.23. The van der Waals surface area contributed by atoms with E-state index < -0.39 is 5.60 Å². The van der Waals surface area contributed by atoms with Crippen LogP contribution in [0.25, 0.3) is 22.2 Å². The standard InChI is InChI=1S/C28H24N6O3S/c1-28(35,26-29-12-17-38-26)10-8-20-18-19-4-2-5-21(25(19)37-20)22-9-11-30-27(31-22)33-23-6-3-7-24(32-23)34-13-15-36-16-14-34/h2-7,9,11-12,17-18,35H,13-16H2,1H3,(H,30,31,32,33). The molecule has 1 aliphatic heterocycles. The van der Waals surface area contributed by atoms with Crippen LogP contribution >= 0.6 is 11.3 Å². The third kappa shape index (κ3) is 5.08. The molecule has 0 radical (unpaired) electrons. The number of hydrogen-bond acceptors (Lipinski definition) is 10. The second-order valence-electron chi connectivity index (χ2n) is 8.86. The van der Waals surface area contributed by atoms with E-state index in [2.05, 4.69) is 32.0 Å². The molecule has 38 heavy (non-hydrogen) atoms. The summed E-state index contributed by atoms with van der Waals surface area (Å²) in [5.74, 6) is 8.24. The molecule has 1 atom stereocenters. The number of rotatable bonds is 5. The molecule has 1 aromatic carbocycles. The molecule has 0 aliphatic carbocycles. The van der Waals surface area contributed by atoms with Gasteiger partial charge in [-0.3, -0.25) is 0 Å². The first kappa shape index (κ1) is 24.1. The smallest absolute Gasteiger partial charge is 0.228 e. The number of furan rings is 1. The lowest BCUT2D eigenvalue weighted by Crippen LogP contribution is -2.36. The number of morpholine rings is 1. The molecular weight excluding hydrogens is 500 g/mol. The van der Waals surface area contributed by atoms with Crippen LogP contribution in [0.4, 0.5) is 17.6 Å². The Labute approximate surface area is 223 Å². The van der Waals surface area contributed by atoms with Crippen LogP contribution in [-0.4, -0.2) is 51.3 Å². The number of fused-ring (bicyclic) bond motifs is 1. The fourth-order valence-electron chi connectivity index (χ4n) is 4.17. The van der Waals surface area contributed by atoms with Gasteiger partial charge in [0, 0.05) is 47.9 Å². The van der Waals surface area contributed by atoms with Crippen LogP contribution < -0.4 is 10.2 Å². The number of anilines is 3. The van der Waals surface area contributed by atoms with Gasteiger partial charge in [0.25, 0.3) is 0 Å². The highest BCUT2D eigenvalue weighted by Crippen LogP contribution is 2.31. The number of aliphatic hydroxyl groups is 1. The number of aromatic nitrogens is 4. The lowest BCUT2D eigenvalue weighted by molar-refractivity contribution is 0.121. The number of benzene rings is 1. The zero-order valence-electron chi connectivity index (χ0n) is 20.6. The maximum absolute atomic E-state index is 10.7. The van der Waals surface area contributed by atoms with Gasteiger partial charge in [0.15, 0.2) is 11.4 Å². The SMILES string of the molecule is CC(O)(C#Cc1cc2cccc(-c3ccnc(Nc4cccc(N5CCOCC5)n4)n3)c2o1)c1nccs1. The number of ether oxygens (including phenoxy) is 1. The Kier molecular flexibility index (Phi) is 6.47. The highest BCUT2D eigenvalue weighted by molar-refractivity contribution is 7.09. The lowest BCUT2D eigenvalue weighted by atomic mass is 10.1. The molecule has 5 aromatic rings. The van der Waals surface area contributed by atoms with Crippen molar-refractivity contribution in [3.8, 4) is 23.1 Å². The van der Waals surface area contributed by atoms with Crippen molar-refractivity contribution in [2.45, 2.75) is 12.5 Å². The molecule has 0 amide bonds. The topological polar surface area (TPSA) is 109 Å². The molecule has 10 heteroatoms. The largest absolute Gasteiger partial charge is 0.447 e. The lowest BCUT2D eigenvalue weighted by Gasteiger charge is -2.28. The molecule has 0 spiro atoms. The number of thiazole rings is 1. The molecule has 0 saturated carbocycles. The fourth-order valence-corrected chi connectivity index (χ4v) is 4.82. The van der Waals surface area contributed by atoms with Crippen molar-refractivity contribution >= 4 is 39.9 Å². The zero-order chi connectivity index (χ0) is 26.0. The third-order valence-electron chi connectivity index (χ3n) is 6.06. The van der Waals surface area contributed by atoms with Gasteiger partial charge in [0.05, 0.1) is 18.9 Å². The summed E-state index contributed by atoms with van der Waals surface area (Å²) in [4.78, 5) is 20.2. The molecule has 1 saturated heterocycles. The third-order valence-corrected chi connectivity index (χ3v) is 7.05. The van der Waals surface area contributed by atoms with Crippen molar-refractivity contribution in [2.75, 3.05) is 36.5 Å². The number of nitrogens with zero attached hydrogens (tertiary/aromatic N) is 5. The van der Waals surface area contributed by atoms with Gasteiger partial charge in [-0.15, -0.1) is 11.3 Å². The van der Waals surface area contributed by atoms with Crippen LogP contribution in [0.5, 0.6) is 0 Å². The highest BCUT2D eigenvalue weighted by atomic mass is 32.1. The van der Waals surface area contributed by atoms with Crippen LogP contribution in [0.3, 0.4) is 0 Å². The summed E-state index contributed by atoms with van der Waals surface area (Å²) in [5, 5.41) is 17.1. The van der Waals surface area contributed by atoms with Gasteiger partial charge in [0.2, 0.25) is 5.95 Å². The Morgan fingerprint density at radius 1 is 1.05 bits per heavy atom. The average molecular weight is 525 g/mol. The molecule has 1 fully saturated rings. The monoisotopic (exact) mass is 524 g/mol. The second kappa shape index (κ2) is 10.2. The van der Waals surface area contributed by atoms with Crippen LogP contribution in [-0.2, 0) is 10.3 Å². The minimum Gasteiger partial charge on any atom is -0.447 e. The van der Waals surface area contributed by atoms with Crippen molar-refractivity contribution in [2.24, 2.45) is 0 Å². The number of pyridine rings is 1. The summed E-state index contributed by atoms with van der Waals surface area (Å²) < 4.78 is 11.5. The molecule has 1 aliphatic rings. The molecule has 2 N–H and O–H groups in total. The molecule has 5 heterocycles. The van der Waals surface area contributed by atoms with Gasteiger partial charge in [-0.25, -0.2) is 19.9 Å². The van der Waals surface area contributed by atoms with Crippen LogP contribution in [0, 0.1) is 11.8 Å². The summed E-state index contributed by atoms with van der Waals surface area (Å²) in [6, 6.07) is 15.4. The normalized spacial score (nSPS) is 15.1. The maximum Gasteiger partial charge on any atom is 0.228 e. The van der Waals surface area contributed by atoms with Crippen LogP contribution in [0.15, 0.2) is 70.7 Å². The molecule has 190 valence electrons. The van der Waals surface area contributed by atoms with Crippen molar-refractivity contribution in [1.82, 2.24) is 19.9 Å². The number of nitrogens with one attached hydrogen (secondary N) is 1. The quantitative estimate of drug-likeness (QED) is 0.319. The van der Waals surface area contributed by atoms with Gasteiger partial charge in [0.1, 0.15) is 22.2 Å². The van der Waals surface area contributed by atoms with Crippen molar-refractivity contribution in [3.05, 3.63) is 77.1 Å². The van der Waals surface area contributed by atoms with Gasteiger partial charge in [-0.2, -0.15) is 0 Å². The van der Waals surface area contributed by atoms with E-state index in [-0.39, 0.29) is 0 Å². The minimum atomic E-state index is -1.36. The summed E-state index contributed by atoms with van der Waals surface area (Å²) >= 11 is 1.35. The Bertz CT molecular complexity index is 1630. The van der Waals surface area contributed by atoms with Crippen molar-refractivity contribution in [3.63, 3.8) is 0 Å². The van der Waals surface area contributed by atoms with Crippen LogP contribution in [0.2, 0.25) is 0 Å². The van der Waals surface area contributed by atoms with E-state index in [1.54, 1.807) is 24.7 Å². The predicted octanol–water partition coefficient (Wildman–Crippen LogP) is 4.58. The first-order valence-corrected chi connectivity index (χ1v) is 13.0. The van der Waals surface area contributed by atoms with Crippen LogP contribution in [0.1, 0.15) is 17.7 Å². The van der Waals surface area contributed by atoms with Crippen molar-refractivity contribution < 1.29 is 14.3 Å². The molecule has 9 nitrogen and oxygen atoms in total. The number of hydrogen-bond donors (Lipinski definition) is 2. The zero-order valence-corrected chi connectivity index (χ0v) is 21.4. The Balaban J connectivity index is 1.27. The van der Waals surface area contributed by atoms with E-state index in [9.17, 15) is 5.11 Å². The summed E-state index contributed by atoms with van der Waals surface area (Å²) in [7, 11) is 0. The van der Waals surface area contributed by atoms with E-state index in [0.717, 1.165) is 29.9 Å². The Morgan fingerprint density at radius 3 is 2.76 bits per heavy atom. The minimum absolute atomic E-state index is 0.428. The summed E-state index contributed by atoms with van der Waals surface area (Å²) in [6.07, 6.45) is 3.34. The summed E-state index contributed by atoms with van der Waals surface area (Å²) in [5.41, 5.74) is 0.794. The molecule has 6 rings (SSSR count). The van der Waals surface area contributed by atoms with E-state index in [0.29, 0.717) is 47.0 Å². The molecule has 1 unspecified atom stereocenters. The van der Waals surface area contributed by atoms with E-state index in [4.69, 9.17) is 19.1 Å². The summed E-state index contributed by atoms with van der Waals surface area (Å²) in [6.45, 7) is 4.63. The predicted molar refractivity (Wildman–Crippen MR) is 146 cm³/mol. The van der Waals surface area contributed by atoms with E-state index >= 15 is 0 Å². The maximum atomic E-state index is 10.7. The van der Waals surface area contributed by atoms with E-state index in [1.807, 2.05) is 48.5 Å². The van der Waals surface area contributed by atoms with E-state index in [1.165, 1.54) is 11.3 Å². The van der Waals surface area contributed by atoms with Gasteiger partial charge in [-0.05, 0) is 37.1 Å². The Morgan fingerprint density at radius 2 is 1.92 bits per heavy atom. The second-order valence-corrected chi connectivity index (χ2v) is 9.76. The van der Waals surface area contributed by atoms with Gasteiger partial charge < -0.3 is 24.5 Å².